The topological polar surface area (TPSA) is 33.6 Å². The van der Waals surface area contributed by atoms with Gasteiger partial charge in [-0.15, -0.1) is 0 Å². The molecule has 3 aromatic rings. The molecule has 2 aromatic heterocycles. The molecular weight excluding hydrogens is 266 g/mol. The summed E-state index contributed by atoms with van der Waals surface area (Å²) >= 11 is 5.51. The normalized spacial score (nSPS) is 11.8. The summed E-state index contributed by atoms with van der Waals surface area (Å²) in [4.78, 5) is 7.78. The van der Waals surface area contributed by atoms with Crippen molar-refractivity contribution in [3.05, 3.63) is 35.2 Å². The van der Waals surface area contributed by atoms with E-state index in [0.717, 1.165) is 22.3 Å². The molecule has 1 N–H and O–H groups in total. The number of H-pyrrole nitrogens is 1. The Balaban J connectivity index is 2.27. The summed E-state index contributed by atoms with van der Waals surface area (Å²) in [5.41, 5.74) is 3.24. The van der Waals surface area contributed by atoms with E-state index in [-0.39, 0.29) is 0 Å². The molecule has 0 saturated carbocycles. The lowest BCUT2D eigenvalue weighted by molar-refractivity contribution is 0.422. The molecule has 0 aliphatic heterocycles. The van der Waals surface area contributed by atoms with Gasteiger partial charge in [-0.1, -0.05) is 44.9 Å². The van der Waals surface area contributed by atoms with Crippen LogP contribution in [0.5, 0.6) is 0 Å². The van der Waals surface area contributed by atoms with Gasteiger partial charge in [-0.2, -0.15) is 0 Å². The fourth-order valence-corrected chi connectivity index (χ4v) is 3.05. The summed E-state index contributed by atoms with van der Waals surface area (Å²) in [6, 6.07) is 8.25. The lowest BCUT2D eigenvalue weighted by Crippen LogP contribution is -2.09. The number of rotatable bonds is 4. The number of hydrogen-bond donors (Lipinski definition) is 1. The number of para-hydroxylation sites is 1. The fraction of sp³-hybridized carbons (Fsp3) is 0.375. The second-order valence-corrected chi connectivity index (χ2v) is 5.65. The zero-order valence-electron chi connectivity index (χ0n) is 11.9. The number of aromatic nitrogens is 3. The van der Waals surface area contributed by atoms with Gasteiger partial charge in [0.15, 0.2) is 4.77 Å². The van der Waals surface area contributed by atoms with Crippen molar-refractivity contribution in [1.82, 2.24) is 14.5 Å². The van der Waals surface area contributed by atoms with Crippen LogP contribution in [0.1, 0.15) is 26.7 Å². The maximum absolute atomic E-state index is 5.51. The molecule has 104 valence electrons. The molecular formula is C16H19N3S. The molecule has 0 radical (unpaired) electrons. The summed E-state index contributed by atoms with van der Waals surface area (Å²) in [5, 5.41) is 1.17. The van der Waals surface area contributed by atoms with E-state index in [4.69, 9.17) is 12.2 Å². The predicted molar refractivity (Wildman–Crippen MR) is 86.5 cm³/mol. The lowest BCUT2D eigenvalue weighted by Gasteiger charge is -2.14. The van der Waals surface area contributed by atoms with Crippen LogP contribution < -0.4 is 0 Å². The number of nitrogens with one attached hydrogen (secondary N) is 1. The summed E-state index contributed by atoms with van der Waals surface area (Å²) in [6.07, 6.45) is 4.23. The van der Waals surface area contributed by atoms with E-state index >= 15 is 0 Å². The highest BCUT2D eigenvalue weighted by Crippen LogP contribution is 2.25. The molecule has 20 heavy (non-hydrogen) atoms. The first-order valence-electron chi connectivity index (χ1n) is 7.20. The highest BCUT2D eigenvalue weighted by molar-refractivity contribution is 7.71. The Hall–Kier alpha value is -1.68. The smallest absolute Gasteiger partial charge is 0.178 e. The minimum absolute atomic E-state index is 0.660. The van der Waals surface area contributed by atoms with Gasteiger partial charge in [0.25, 0.3) is 0 Å². The molecule has 1 aromatic carbocycles. The number of hydrogen-bond acceptors (Lipinski definition) is 2. The van der Waals surface area contributed by atoms with E-state index in [1.807, 2.05) is 18.3 Å². The molecule has 0 saturated heterocycles. The molecule has 0 aliphatic carbocycles. The van der Waals surface area contributed by atoms with Crippen molar-refractivity contribution in [2.45, 2.75) is 33.2 Å². The average molecular weight is 285 g/mol. The quantitative estimate of drug-likeness (QED) is 0.706. The largest absolute Gasteiger partial charge is 0.329 e. The number of benzene rings is 1. The van der Waals surface area contributed by atoms with Gasteiger partial charge in [-0.3, -0.25) is 4.98 Å². The zero-order valence-corrected chi connectivity index (χ0v) is 12.7. The van der Waals surface area contributed by atoms with Gasteiger partial charge in [0.05, 0.1) is 22.7 Å². The zero-order chi connectivity index (χ0) is 14.1. The SMILES string of the molecule is CCC(CC)Cn1c(=S)[nH]c2cnc3ccccc3c21. The Kier molecular flexibility index (Phi) is 3.57. The van der Waals surface area contributed by atoms with Crippen molar-refractivity contribution in [1.29, 1.82) is 0 Å². The first-order chi connectivity index (χ1) is 9.74. The Morgan fingerprint density at radius 1 is 1.25 bits per heavy atom. The summed E-state index contributed by atoms with van der Waals surface area (Å²) in [6.45, 7) is 5.46. The van der Waals surface area contributed by atoms with E-state index in [0.29, 0.717) is 5.92 Å². The van der Waals surface area contributed by atoms with Crippen LogP contribution >= 0.6 is 12.2 Å². The van der Waals surface area contributed by atoms with E-state index < -0.39 is 0 Å². The minimum Gasteiger partial charge on any atom is -0.329 e. The Morgan fingerprint density at radius 3 is 2.75 bits per heavy atom. The lowest BCUT2D eigenvalue weighted by atomic mass is 10.0. The van der Waals surface area contributed by atoms with Gasteiger partial charge in [-0.05, 0) is 24.2 Å². The van der Waals surface area contributed by atoms with Crippen molar-refractivity contribution < 1.29 is 0 Å². The summed E-state index contributed by atoms with van der Waals surface area (Å²) in [7, 11) is 0. The van der Waals surface area contributed by atoms with Gasteiger partial charge in [-0.25, -0.2) is 0 Å². The Labute approximate surface area is 123 Å². The third kappa shape index (κ3) is 2.14. The third-order valence-corrected chi connectivity index (χ3v) is 4.42. The van der Waals surface area contributed by atoms with Crippen molar-refractivity contribution in [2.24, 2.45) is 5.92 Å². The van der Waals surface area contributed by atoms with Crippen LogP contribution in [0.3, 0.4) is 0 Å². The van der Waals surface area contributed by atoms with Crippen LogP contribution in [-0.2, 0) is 6.54 Å². The standard InChI is InChI=1S/C16H19N3S/c1-3-11(4-2)10-19-15-12-7-5-6-8-13(12)17-9-14(15)18-16(19)20/h5-9,11H,3-4,10H2,1-2H3,(H,18,20). The van der Waals surface area contributed by atoms with Crippen molar-refractivity contribution in [2.75, 3.05) is 0 Å². The number of aromatic amines is 1. The molecule has 4 heteroatoms. The number of nitrogens with zero attached hydrogens (tertiary/aromatic N) is 2. The first kappa shape index (κ1) is 13.3. The number of fused-ring (bicyclic) bond motifs is 3. The molecule has 2 heterocycles. The first-order valence-corrected chi connectivity index (χ1v) is 7.61. The Morgan fingerprint density at radius 2 is 2.00 bits per heavy atom. The number of pyridine rings is 1. The van der Waals surface area contributed by atoms with Crippen LogP contribution in [0.25, 0.3) is 21.9 Å². The fourth-order valence-electron chi connectivity index (χ4n) is 2.77. The molecule has 0 spiro atoms. The van der Waals surface area contributed by atoms with Gasteiger partial charge < -0.3 is 9.55 Å². The molecule has 3 rings (SSSR count). The molecule has 0 bridgehead atoms. The highest BCUT2D eigenvalue weighted by Gasteiger charge is 2.12. The average Bonchev–Trinajstić information content (AvgIpc) is 2.80. The summed E-state index contributed by atoms with van der Waals surface area (Å²) in [5.74, 6) is 0.660. The molecule has 0 fully saturated rings. The molecule has 0 unspecified atom stereocenters. The second kappa shape index (κ2) is 5.37. The van der Waals surface area contributed by atoms with Gasteiger partial charge in [0, 0.05) is 11.9 Å². The predicted octanol–water partition coefficient (Wildman–Crippen LogP) is 4.68. The molecule has 3 nitrogen and oxygen atoms in total. The van der Waals surface area contributed by atoms with Crippen molar-refractivity contribution >= 4 is 34.2 Å². The van der Waals surface area contributed by atoms with Crippen LogP contribution in [0.2, 0.25) is 0 Å². The Bertz CT molecular complexity index is 796. The molecule has 0 atom stereocenters. The maximum Gasteiger partial charge on any atom is 0.178 e. The van der Waals surface area contributed by atoms with E-state index in [1.54, 1.807) is 0 Å². The van der Waals surface area contributed by atoms with E-state index in [2.05, 4.69) is 40.5 Å². The van der Waals surface area contributed by atoms with Crippen LogP contribution in [0.4, 0.5) is 0 Å². The molecule has 0 aliphatic rings. The summed E-state index contributed by atoms with van der Waals surface area (Å²) < 4.78 is 3.04. The van der Waals surface area contributed by atoms with Gasteiger partial charge >= 0.3 is 0 Å². The molecule has 0 amide bonds. The number of imidazole rings is 1. The van der Waals surface area contributed by atoms with Gasteiger partial charge in [0.1, 0.15) is 0 Å². The third-order valence-electron chi connectivity index (χ3n) is 4.10. The minimum atomic E-state index is 0.660. The van der Waals surface area contributed by atoms with Crippen molar-refractivity contribution in [3.8, 4) is 0 Å². The van der Waals surface area contributed by atoms with Crippen LogP contribution in [0, 0.1) is 10.7 Å². The maximum atomic E-state index is 5.51. The monoisotopic (exact) mass is 285 g/mol. The van der Waals surface area contributed by atoms with E-state index in [1.165, 1.54) is 23.7 Å². The highest BCUT2D eigenvalue weighted by atomic mass is 32.1. The van der Waals surface area contributed by atoms with E-state index in [9.17, 15) is 0 Å². The van der Waals surface area contributed by atoms with Crippen molar-refractivity contribution in [3.63, 3.8) is 0 Å². The second-order valence-electron chi connectivity index (χ2n) is 5.26. The van der Waals surface area contributed by atoms with Crippen LogP contribution in [0.15, 0.2) is 30.5 Å². The van der Waals surface area contributed by atoms with Gasteiger partial charge in [0.2, 0.25) is 0 Å². The van der Waals surface area contributed by atoms with Crippen LogP contribution in [-0.4, -0.2) is 14.5 Å².